The molecular weight excluding hydrogens is 444 g/mol. The van der Waals surface area contributed by atoms with Gasteiger partial charge in [0.25, 0.3) is 11.8 Å². The van der Waals surface area contributed by atoms with E-state index >= 15 is 0 Å². The Hall–Kier alpha value is -3.89. The highest BCUT2D eigenvalue weighted by Crippen LogP contribution is 2.17. The third kappa shape index (κ3) is 6.55. The van der Waals surface area contributed by atoms with Gasteiger partial charge in [0.05, 0.1) is 16.1 Å². The van der Waals surface area contributed by atoms with Gasteiger partial charge in [0, 0.05) is 5.69 Å². The molecule has 0 fully saturated rings. The van der Waals surface area contributed by atoms with Crippen LogP contribution in [0.1, 0.15) is 22.8 Å². The molecule has 3 aromatic carbocycles. The number of carbonyl (C=O) groups is 2. The molecule has 0 aliphatic heterocycles. The molecule has 33 heavy (non-hydrogen) atoms. The molecule has 0 radical (unpaired) electrons. The molecule has 5 N–H and O–H groups in total. The van der Waals surface area contributed by atoms with E-state index in [0.29, 0.717) is 17.1 Å². The zero-order valence-electron chi connectivity index (χ0n) is 18.0. The van der Waals surface area contributed by atoms with Crippen LogP contribution in [0.5, 0.6) is 5.75 Å². The van der Waals surface area contributed by atoms with Crippen LogP contribution in [0.2, 0.25) is 0 Å². The van der Waals surface area contributed by atoms with E-state index in [4.69, 9.17) is 9.88 Å². The van der Waals surface area contributed by atoms with Gasteiger partial charge in [-0.05, 0) is 62.4 Å². The first-order valence-corrected chi connectivity index (χ1v) is 11.5. The molecule has 3 rings (SSSR count). The highest BCUT2D eigenvalue weighted by molar-refractivity contribution is 7.89. The van der Waals surface area contributed by atoms with Gasteiger partial charge in [-0.25, -0.2) is 13.6 Å². The van der Waals surface area contributed by atoms with Crippen molar-refractivity contribution in [3.05, 3.63) is 83.9 Å². The summed E-state index contributed by atoms with van der Waals surface area (Å²) < 4.78 is 29.0. The second kappa shape index (κ2) is 10.2. The van der Waals surface area contributed by atoms with Crippen molar-refractivity contribution in [3.8, 4) is 5.75 Å². The number of sulfonamides is 1. The summed E-state index contributed by atoms with van der Waals surface area (Å²) in [5, 5.41) is 7.91. The van der Waals surface area contributed by atoms with Crippen molar-refractivity contribution < 1.29 is 22.7 Å². The van der Waals surface area contributed by atoms with Gasteiger partial charge >= 0.3 is 0 Å². The number of amides is 2. The van der Waals surface area contributed by atoms with Crippen molar-refractivity contribution in [2.24, 2.45) is 5.14 Å². The normalized spacial score (nSPS) is 11.8. The maximum Gasteiger partial charge on any atom is 0.270 e. The summed E-state index contributed by atoms with van der Waals surface area (Å²) in [7, 11) is -4.05. The third-order valence-electron chi connectivity index (χ3n) is 4.61. The van der Waals surface area contributed by atoms with Crippen molar-refractivity contribution in [2.45, 2.75) is 24.8 Å². The van der Waals surface area contributed by atoms with Gasteiger partial charge in [-0.3, -0.25) is 20.4 Å². The molecule has 9 nitrogen and oxygen atoms in total. The first-order valence-electron chi connectivity index (χ1n) is 9.96. The number of nitrogens with two attached hydrogens (primary N) is 1. The smallest absolute Gasteiger partial charge is 0.270 e. The number of hydrogen-bond donors (Lipinski definition) is 4. The summed E-state index contributed by atoms with van der Waals surface area (Å²) in [5.41, 5.74) is 7.17. The lowest BCUT2D eigenvalue weighted by atomic mass is 10.2. The lowest BCUT2D eigenvalue weighted by molar-refractivity contribution is -0.122. The van der Waals surface area contributed by atoms with Gasteiger partial charge in [-0.1, -0.05) is 29.8 Å². The number of rotatable bonds is 8. The number of ether oxygens (including phenoxy) is 1. The van der Waals surface area contributed by atoms with E-state index in [2.05, 4.69) is 16.2 Å². The largest absolute Gasteiger partial charge is 0.481 e. The number of carbonyl (C=O) groups excluding carboxylic acids is 2. The minimum Gasteiger partial charge on any atom is -0.481 e. The number of nitrogens with one attached hydrogen (secondary N) is 3. The van der Waals surface area contributed by atoms with E-state index in [0.717, 1.165) is 5.56 Å². The van der Waals surface area contributed by atoms with E-state index < -0.39 is 22.0 Å². The number of anilines is 2. The SMILES string of the molecule is Cc1ccc(OC(C)C(=O)Nc2ccc(NNC(=O)c3ccccc3S(N)(=O)=O)cc2)cc1. The van der Waals surface area contributed by atoms with Crippen LogP contribution in [-0.4, -0.2) is 26.3 Å². The summed E-state index contributed by atoms with van der Waals surface area (Å²) in [4.78, 5) is 24.5. The van der Waals surface area contributed by atoms with Crippen LogP contribution in [-0.2, 0) is 14.8 Å². The van der Waals surface area contributed by atoms with Gasteiger partial charge < -0.3 is 10.1 Å². The van der Waals surface area contributed by atoms with Crippen LogP contribution in [0.25, 0.3) is 0 Å². The molecule has 0 aromatic heterocycles. The minimum atomic E-state index is -4.05. The number of benzene rings is 3. The van der Waals surface area contributed by atoms with Crippen LogP contribution in [0, 0.1) is 6.92 Å². The average Bonchev–Trinajstić information content (AvgIpc) is 2.79. The first-order chi connectivity index (χ1) is 15.6. The van der Waals surface area contributed by atoms with E-state index in [1.807, 2.05) is 19.1 Å². The monoisotopic (exact) mass is 468 g/mol. The predicted octanol–water partition coefficient (Wildman–Crippen LogP) is 2.81. The summed E-state index contributed by atoms with van der Waals surface area (Å²) in [5.74, 6) is -0.384. The van der Waals surface area contributed by atoms with Crippen molar-refractivity contribution in [1.82, 2.24) is 5.43 Å². The van der Waals surface area contributed by atoms with Crippen molar-refractivity contribution in [1.29, 1.82) is 0 Å². The van der Waals surface area contributed by atoms with Crippen LogP contribution in [0.4, 0.5) is 11.4 Å². The summed E-state index contributed by atoms with van der Waals surface area (Å²) in [6.07, 6.45) is -0.705. The zero-order valence-corrected chi connectivity index (χ0v) is 18.8. The number of hydrogen-bond acceptors (Lipinski definition) is 6. The first kappa shape index (κ1) is 23.8. The summed E-state index contributed by atoms with van der Waals surface area (Å²) >= 11 is 0. The van der Waals surface area contributed by atoms with E-state index in [9.17, 15) is 18.0 Å². The van der Waals surface area contributed by atoms with Gasteiger partial charge in [0.15, 0.2) is 6.10 Å². The zero-order chi connectivity index (χ0) is 24.0. The summed E-state index contributed by atoms with van der Waals surface area (Å²) in [6, 6.07) is 19.6. The van der Waals surface area contributed by atoms with Crippen LogP contribution in [0.15, 0.2) is 77.7 Å². The quantitative estimate of drug-likeness (QED) is 0.375. The van der Waals surface area contributed by atoms with Gasteiger partial charge in [-0.2, -0.15) is 0 Å². The Labute approximate surface area is 192 Å². The second-order valence-electron chi connectivity index (χ2n) is 7.26. The molecule has 3 aromatic rings. The molecule has 0 saturated heterocycles. The average molecular weight is 469 g/mol. The molecule has 172 valence electrons. The molecule has 0 aliphatic carbocycles. The number of aryl methyl sites for hydroxylation is 1. The molecule has 1 unspecified atom stereocenters. The Morgan fingerprint density at radius 2 is 1.52 bits per heavy atom. The van der Waals surface area contributed by atoms with Gasteiger partial charge in [0.2, 0.25) is 10.0 Å². The van der Waals surface area contributed by atoms with Crippen LogP contribution in [0.3, 0.4) is 0 Å². The fourth-order valence-electron chi connectivity index (χ4n) is 2.85. The molecule has 1 atom stereocenters. The Balaban J connectivity index is 1.56. The topological polar surface area (TPSA) is 140 Å². The Morgan fingerprint density at radius 3 is 2.15 bits per heavy atom. The van der Waals surface area contributed by atoms with Gasteiger partial charge in [-0.15, -0.1) is 0 Å². The standard InChI is InChI=1S/C23H24N4O5S/c1-15-7-13-19(14-8-15)32-16(2)22(28)25-17-9-11-18(12-10-17)26-27-23(29)20-5-3-4-6-21(20)33(24,30)31/h3-14,16,26H,1-2H3,(H,25,28)(H,27,29)(H2,24,30,31). The van der Waals surface area contributed by atoms with E-state index in [1.165, 1.54) is 24.3 Å². The van der Waals surface area contributed by atoms with Gasteiger partial charge in [0.1, 0.15) is 5.75 Å². The second-order valence-corrected chi connectivity index (χ2v) is 8.79. The van der Waals surface area contributed by atoms with E-state index in [1.54, 1.807) is 43.3 Å². The molecule has 0 aliphatic rings. The fourth-order valence-corrected chi connectivity index (χ4v) is 3.59. The minimum absolute atomic E-state index is 0.0843. The van der Waals surface area contributed by atoms with E-state index in [-0.39, 0.29) is 16.4 Å². The van der Waals surface area contributed by atoms with Crippen LogP contribution < -0.4 is 26.0 Å². The maximum absolute atomic E-state index is 12.4. The third-order valence-corrected chi connectivity index (χ3v) is 5.58. The Morgan fingerprint density at radius 1 is 0.909 bits per heavy atom. The molecule has 0 bridgehead atoms. The molecular formula is C23H24N4O5S. The predicted molar refractivity (Wildman–Crippen MR) is 125 cm³/mol. The highest BCUT2D eigenvalue weighted by atomic mass is 32.2. The molecule has 0 saturated carbocycles. The van der Waals surface area contributed by atoms with Crippen molar-refractivity contribution >= 4 is 33.2 Å². The fraction of sp³-hybridized carbons (Fsp3) is 0.130. The maximum atomic E-state index is 12.4. The summed E-state index contributed by atoms with van der Waals surface area (Å²) in [6.45, 7) is 3.62. The number of primary sulfonamides is 1. The molecule has 10 heteroatoms. The van der Waals surface area contributed by atoms with Crippen molar-refractivity contribution in [3.63, 3.8) is 0 Å². The number of hydrazine groups is 1. The lowest BCUT2D eigenvalue weighted by Gasteiger charge is -2.15. The molecule has 2 amide bonds. The highest BCUT2D eigenvalue weighted by Gasteiger charge is 2.18. The molecule has 0 heterocycles. The molecule has 0 spiro atoms. The Bertz CT molecular complexity index is 1240. The van der Waals surface area contributed by atoms with Crippen molar-refractivity contribution in [2.75, 3.05) is 10.7 Å². The Kier molecular flexibility index (Phi) is 7.31. The lowest BCUT2D eigenvalue weighted by Crippen LogP contribution is -2.31. The van der Waals surface area contributed by atoms with Crippen LogP contribution >= 0.6 is 0 Å².